The van der Waals surface area contributed by atoms with E-state index in [1.165, 1.54) is 0 Å². The number of rotatable bonds is 5. The molecular weight excluding hydrogens is 358 g/mol. The molecule has 1 aromatic carbocycles. The molecule has 3 N–H and O–H groups in total. The molecule has 2 aromatic rings. The molecule has 3 rings (SSSR count). The van der Waals surface area contributed by atoms with Crippen molar-refractivity contribution in [3.8, 4) is 0 Å². The van der Waals surface area contributed by atoms with E-state index in [9.17, 15) is 14.7 Å². The van der Waals surface area contributed by atoms with Gasteiger partial charge >= 0.3 is 11.7 Å². The molecule has 0 bridgehead atoms. The number of ether oxygens (including phenoxy) is 1. The van der Waals surface area contributed by atoms with E-state index in [4.69, 9.17) is 16.3 Å². The molecule has 0 amide bonds. The number of halogens is 1. The summed E-state index contributed by atoms with van der Waals surface area (Å²) < 4.78 is 4.97. The summed E-state index contributed by atoms with van der Waals surface area (Å²) in [5.74, 6) is -0.546. The van der Waals surface area contributed by atoms with Gasteiger partial charge in [-0.15, -0.1) is 0 Å². The van der Waals surface area contributed by atoms with Gasteiger partial charge in [0.05, 0.1) is 17.9 Å². The first kappa shape index (κ1) is 18.7. The van der Waals surface area contributed by atoms with Crippen molar-refractivity contribution in [1.29, 1.82) is 0 Å². The summed E-state index contributed by atoms with van der Waals surface area (Å²) in [4.78, 5) is 30.8. The quantitative estimate of drug-likeness (QED) is 0.690. The third kappa shape index (κ3) is 4.00. The Kier molecular flexibility index (Phi) is 5.50. The van der Waals surface area contributed by atoms with Crippen LogP contribution in [0.3, 0.4) is 0 Å². The first-order valence-corrected chi connectivity index (χ1v) is 8.98. The molecule has 0 atom stereocenters. The van der Waals surface area contributed by atoms with Gasteiger partial charge in [-0.05, 0) is 37.5 Å². The molecule has 0 aliphatic carbocycles. The second-order valence-corrected chi connectivity index (χ2v) is 6.90. The molecule has 8 heteroatoms. The van der Waals surface area contributed by atoms with Crippen LogP contribution in [-0.2, 0) is 16.9 Å². The first-order chi connectivity index (χ1) is 12.4. The molecule has 0 spiro atoms. The molecule has 1 saturated heterocycles. The normalized spacial score (nSPS) is 17.2. The number of aromatic nitrogens is 2. The maximum absolute atomic E-state index is 12.0. The lowest BCUT2D eigenvalue weighted by Crippen LogP contribution is -2.42. The summed E-state index contributed by atoms with van der Waals surface area (Å²) in [6.07, 6.45) is 1.11. The van der Waals surface area contributed by atoms with Gasteiger partial charge in [-0.1, -0.05) is 23.7 Å². The van der Waals surface area contributed by atoms with Crippen LogP contribution in [-0.4, -0.2) is 45.6 Å². The Morgan fingerprint density at radius 1 is 1.27 bits per heavy atom. The number of aromatic amines is 2. The number of carbonyl (C=O) groups excluding carboxylic acids is 1. The van der Waals surface area contributed by atoms with Crippen molar-refractivity contribution in [2.24, 2.45) is 0 Å². The number of benzene rings is 1. The average molecular weight is 380 g/mol. The van der Waals surface area contributed by atoms with Gasteiger partial charge in [-0.3, -0.25) is 9.88 Å². The van der Waals surface area contributed by atoms with E-state index in [1.807, 2.05) is 12.1 Å². The second-order valence-electron chi connectivity index (χ2n) is 6.47. The molecule has 0 radical (unpaired) electrons. The number of hydrogen-bond donors (Lipinski definition) is 3. The highest BCUT2D eigenvalue weighted by molar-refractivity contribution is 6.30. The van der Waals surface area contributed by atoms with E-state index in [1.54, 1.807) is 19.1 Å². The largest absolute Gasteiger partial charge is 0.461 e. The maximum atomic E-state index is 12.0. The van der Waals surface area contributed by atoms with E-state index in [0.717, 1.165) is 5.56 Å². The predicted molar refractivity (Wildman–Crippen MR) is 97.2 cm³/mol. The van der Waals surface area contributed by atoms with Crippen LogP contribution in [0, 0.1) is 0 Å². The molecule has 140 valence electrons. The van der Waals surface area contributed by atoms with Crippen molar-refractivity contribution in [3.63, 3.8) is 0 Å². The number of H-pyrrole nitrogens is 2. The van der Waals surface area contributed by atoms with Gasteiger partial charge in [0, 0.05) is 24.7 Å². The highest BCUT2D eigenvalue weighted by Crippen LogP contribution is 2.33. The van der Waals surface area contributed by atoms with Crippen LogP contribution < -0.4 is 5.69 Å². The minimum absolute atomic E-state index is 0.162. The number of imidazole rings is 1. The van der Waals surface area contributed by atoms with Gasteiger partial charge in [-0.25, -0.2) is 9.59 Å². The molecule has 1 fully saturated rings. The molecule has 0 unspecified atom stereocenters. The van der Waals surface area contributed by atoms with Crippen molar-refractivity contribution in [2.45, 2.75) is 31.9 Å². The zero-order chi connectivity index (χ0) is 18.7. The van der Waals surface area contributed by atoms with E-state index < -0.39 is 17.3 Å². The lowest BCUT2D eigenvalue weighted by molar-refractivity contribution is -0.0280. The molecule has 2 heterocycles. The zero-order valence-corrected chi connectivity index (χ0v) is 15.3. The summed E-state index contributed by atoms with van der Waals surface area (Å²) in [7, 11) is 0. The van der Waals surface area contributed by atoms with Crippen LogP contribution in [0.2, 0.25) is 5.02 Å². The zero-order valence-electron chi connectivity index (χ0n) is 14.5. The van der Waals surface area contributed by atoms with Gasteiger partial charge < -0.3 is 14.8 Å². The minimum Gasteiger partial charge on any atom is -0.461 e. The lowest BCUT2D eigenvalue weighted by atomic mass is 9.84. The van der Waals surface area contributed by atoms with E-state index in [-0.39, 0.29) is 12.3 Å². The summed E-state index contributed by atoms with van der Waals surface area (Å²) in [5, 5.41) is 11.6. The molecule has 7 nitrogen and oxygen atoms in total. The molecule has 1 aliphatic rings. The number of esters is 1. The summed E-state index contributed by atoms with van der Waals surface area (Å²) >= 11 is 5.91. The fourth-order valence-corrected chi connectivity index (χ4v) is 3.40. The Morgan fingerprint density at radius 2 is 1.92 bits per heavy atom. The second kappa shape index (κ2) is 7.65. The molecule has 0 saturated carbocycles. The predicted octanol–water partition coefficient (Wildman–Crippen LogP) is 2.02. The van der Waals surface area contributed by atoms with Crippen LogP contribution in [0.4, 0.5) is 0 Å². The van der Waals surface area contributed by atoms with Crippen LogP contribution in [0.15, 0.2) is 29.1 Å². The van der Waals surface area contributed by atoms with Crippen LogP contribution in [0.1, 0.15) is 41.5 Å². The number of likely N-dealkylation sites (tertiary alicyclic amines) is 1. The van der Waals surface area contributed by atoms with Gasteiger partial charge in [0.1, 0.15) is 5.69 Å². The Labute approximate surface area is 155 Å². The third-order valence-electron chi connectivity index (χ3n) is 4.73. The van der Waals surface area contributed by atoms with Crippen molar-refractivity contribution < 1.29 is 14.6 Å². The summed E-state index contributed by atoms with van der Waals surface area (Å²) in [6, 6.07) is 7.25. The highest BCUT2D eigenvalue weighted by atomic mass is 35.5. The van der Waals surface area contributed by atoms with Gasteiger partial charge in [-0.2, -0.15) is 0 Å². The third-order valence-corrected chi connectivity index (χ3v) is 4.98. The number of hydrogen-bond acceptors (Lipinski definition) is 5. The minimum atomic E-state index is -0.892. The van der Waals surface area contributed by atoms with Gasteiger partial charge in [0.25, 0.3) is 0 Å². The van der Waals surface area contributed by atoms with Crippen molar-refractivity contribution in [3.05, 3.63) is 56.7 Å². The average Bonchev–Trinajstić information content (AvgIpc) is 2.98. The van der Waals surface area contributed by atoms with Crippen molar-refractivity contribution >= 4 is 17.6 Å². The highest BCUT2D eigenvalue weighted by Gasteiger charge is 2.34. The Hall–Kier alpha value is -2.09. The van der Waals surface area contributed by atoms with Crippen LogP contribution in [0.25, 0.3) is 0 Å². The van der Waals surface area contributed by atoms with E-state index in [0.29, 0.717) is 43.2 Å². The Balaban J connectivity index is 1.67. The smallest absolute Gasteiger partial charge is 0.356 e. The molecule has 1 aromatic heterocycles. The fourth-order valence-electron chi connectivity index (χ4n) is 3.27. The lowest BCUT2D eigenvalue weighted by Gasteiger charge is -2.38. The summed E-state index contributed by atoms with van der Waals surface area (Å²) in [6.45, 7) is 3.63. The standard InChI is InChI=1S/C18H22ClN3O4/c1-2-26-16(23)15-14(20-17(24)21-15)11-22-9-7-18(25,8-10-22)12-3-5-13(19)6-4-12/h3-6,25H,2,7-11H2,1H3,(H2,20,21,24). The SMILES string of the molecule is CCOC(=O)c1[nH]c(=O)[nH]c1CN1CCC(O)(c2ccc(Cl)cc2)CC1. The summed E-state index contributed by atoms with van der Waals surface area (Å²) in [5.41, 5.74) is 0.193. The Morgan fingerprint density at radius 3 is 2.54 bits per heavy atom. The van der Waals surface area contributed by atoms with E-state index >= 15 is 0 Å². The maximum Gasteiger partial charge on any atom is 0.356 e. The number of nitrogens with one attached hydrogen (secondary N) is 2. The molecule has 1 aliphatic heterocycles. The number of carbonyl (C=O) groups is 1. The molecule has 26 heavy (non-hydrogen) atoms. The monoisotopic (exact) mass is 379 g/mol. The fraction of sp³-hybridized carbons (Fsp3) is 0.444. The number of nitrogens with zero attached hydrogens (tertiary/aromatic N) is 1. The van der Waals surface area contributed by atoms with Crippen molar-refractivity contribution in [2.75, 3.05) is 19.7 Å². The van der Waals surface area contributed by atoms with Crippen LogP contribution >= 0.6 is 11.6 Å². The van der Waals surface area contributed by atoms with Gasteiger partial charge in [0.2, 0.25) is 0 Å². The van der Waals surface area contributed by atoms with Gasteiger partial charge in [0.15, 0.2) is 0 Å². The van der Waals surface area contributed by atoms with E-state index in [2.05, 4.69) is 14.9 Å². The van der Waals surface area contributed by atoms with Crippen LogP contribution in [0.5, 0.6) is 0 Å². The topological polar surface area (TPSA) is 98.4 Å². The number of aliphatic hydroxyl groups is 1. The molecular formula is C18H22ClN3O4. The number of piperidine rings is 1. The Bertz CT molecular complexity index is 820. The first-order valence-electron chi connectivity index (χ1n) is 8.60. The van der Waals surface area contributed by atoms with Crippen molar-refractivity contribution in [1.82, 2.24) is 14.9 Å².